The highest BCUT2D eigenvalue weighted by atomic mass is 127. The molecule has 0 radical (unpaired) electrons. The summed E-state index contributed by atoms with van der Waals surface area (Å²) in [4.78, 5) is 13.4. The summed E-state index contributed by atoms with van der Waals surface area (Å²) in [7, 11) is 1.87. The standard InChI is InChI=1S/C12H18IN3O/c1-3-6-15-12(17)8-16(2)11-5-4-9(13)7-10(11)14/h4-5,7H,3,6,8,14H2,1-2H3,(H,15,17). The lowest BCUT2D eigenvalue weighted by Gasteiger charge is -2.20. The number of anilines is 2. The molecule has 94 valence electrons. The Hall–Kier alpha value is -0.980. The van der Waals surface area contributed by atoms with E-state index in [4.69, 9.17) is 5.73 Å². The molecular formula is C12H18IN3O. The third kappa shape index (κ3) is 4.41. The van der Waals surface area contributed by atoms with Crippen LogP contribution in [0.25, 0.3) is 0 Å². The van der Waals surface area contributed by atoms with Crippen molar-refractivity contribution >= 4 is 39.9 Å². The number of carbonyl (C=O) groups is 1. The Kier molecular flexibility index (Phi) is 5.54. The van der Waals surface area contributed by atoms with Gasteiger partial charge in [-0.05, 0) is 47.2 Å². The number of hydrogen-bond donors (Lipinski definition) is 2. The van der Waals surface area contributed by atoms with Crippen molar-refractivity contribution in [1.29, 1.82) is 0 Å². The van der Waals surface area contributed by atoms with Gasteiger partial charge < -0.3 is 16.0 Å². The molecule has 0 atom stereocenters. The van der Waals surface area contributed by atoms with Crippen molar-refractivity contribution in [2.24, 2.45) is 0 Å². The van der Waals surface area contributed by atoms with Gasteiger partial charge in [0.1, 0.15) is 0 Å². The lowest BCUT2D eigenvalue weighted by atomic mass is 10.2. The Bertz CT molecular complexity index is 395. The molecule has 0 aliphatic carbocycles. The smallest absolute Gasteiger partial charge is 0.239 e. The molecule has 1 amide bonds. The third-order valence-corrected chi connectivity index (χ3v) is 3.02. The number of likely N-dealkylation sites (N-methyl/N-ethyl adjacent to an activating group) is 1. The van der Waals surface area contributed by atoms with Gasteiger partial charge in [-0.15, -0.1) is 0 Å². The van der Waals surface area contributed by atoms with Crippen molar-refractivity contribution in [2.45, 2.75) is 13.3 Å². The van der Waals surface area contributed by atoms with Crippen LogP contribution in [0.3, 0.4) is 0 Å². The van der Waals surface area contributed by atoms with E-state index in [0.29, 0.717) is 12.2 Å². The van der Waals surface area contributed by atoms with Crippen molar-refractivity contribution in [3.05, 3.63) is 21.8 Å². The summed E-state index contributed by atoms with van der Waals surface area (Å²) in [5.41, 5.74) is 7.50. The number of nitrogens with two attached hydrogens (primary N) is 1. The first-order chi connectivity index (χ1) is 8.04. The zero-order valence-electron chi connectivity index (χ0n) is 10.2. The highest BCUT2D eigenvalue weighted by Crippen LogP contribution is 2.23. The maximum atomic E-state index is 11.6. The van der Waals surface area contributed by atoms with Gasteiger partial charge in [0.15, 0.2) is 0 Å². The Morgan fingerprint density at radius 1 is 1.53 bits per heavy atom. The highest BCUT2D eigenvalue weighted by Gasteiger charge is 2.09. The van der Waals surface area contributed by atoms with Crippen LogP contribution in [0, 0.1) is 3.57 Å². The van der Waals surface area contributed by atoms with Crippen molar-refractivity contribution in [3.8, 4) is 0 Å². The molecule has 0 fully saturated rings. The quantitative estimate of drug-likeness (QED) is 0.631. The number of nitrogens with zero attached hydrogens (tertiary/aromatic N) is 1. The molecule has 0 aromatic heterocycles. The maximum absolute atomic E-state index is 11.6. The third-order valence-electron chi connectivity index (χ3n) is 2.35. The minimum Gasteiger partial charge on any atom is -0.397 e. The monoisotopic (exact) mass is 347 g/mol. The van der Waals surface area contributed by atoms with E-state index < -0.39 is 0 Å². The van der Waals surface area contributed by atoms with Gasteiger partial charge in [-0.3, -0.25) is 4.79 Å². The number of rotatable bonds is 5. The van der Waals surface area contributed by atoms with E-state index in [0.717, 1.165) is 22.2 Å². The predicted molar refractivity (Wildman–Crippen MR) is 80.1 cm³/mol. The van der Waals surface area contributed by atoms with E-state index in [1.165, 1.54) is 0 Å². The van der Waals surface area contributed by atoms with Crippen molar-refractivity contribution in [2.75, 3.05) is 30.8 Å². The molecule has 0 saturated heterocycles. The van der Waals surface area contributed by atoms with Crippen LogP contribution < -0.4 is 16.0 Å². The van der Waals surface area contributed by atoms with Gasteiger partial charge in [0.2, 0.25) is 5.91 Å². The largest absolute Gasteiger partial charge is 0.397 e. The second-order valence-corrected chi connectivity index (χ2v) is 5.15. The van der Waals surface area contributed by atoms with Gasteiger partial charge in [0, 0.05) is 17.2 Å². The number of benzene rings is 1. The molecule has 1 aromatic carbocycles. The summed E-state index contributed by atoms with van der Waals surface area (Å²) in [5, 5.41) is 2.84. The van der Waals surface area contributed by atoms with Crippen LogP contribution in [0.2, 0.25) is 0 Å². The Morgan fingerprint density at radius 3 is 2.82 bits per heavy atom. The highest BCUT2D eigenvalue weighted by molar-refractivity contribution is 14.1. The first kappa shape index (κ1) is 14.1. The number of nitrogens with one attached hydrogen (secondary N) is 1. The van der Waals surface area contributed by atoms with E-state index in [1.54, 1.807) is 0 Å². The minimum atomic E-state index is 0.0206. The second-order valence-electron chi connectivity index (χ2n) is 3.91. The van der Waals surface area contributed by atoms with Crippen molar-refractivity contribution in [1.82, 2.24) is 5.32 Å². The number of hydrogen-bond acceptors (Lipinski definition) is 3. The van der Waals surface area contributed by atoms with Crippen LogP contribution in [0.1, 0.15) is 13.3 Å². The Morgan fingerprint density at radius 2 is 2.24 bits per heavy atom. The lowest BCUT2D eigenvalue weighted by molar-refractivity contribution is -0.119. The molecule has 0 spiro atoms. The molecule has 0 aliphatic rings. The summed E-state index contributed by atoms with van der Waals surface area (Å²) in [5.74, 6) is 0.0206. The maximum Gasteiger partial charge on any atom is 0.239 e. The second kappa shape index (κ2) is 6.68. The van der Waals surface area contributed by atoms with Gasteiger partial charge in [-0.2, -0.15) is 0 Å². The van der Waals surface area contributed by atoms with E-state index in [2.05, 4.69) is 27.9 Å². The summed E-state index contributed by atoms with van der Waals surface area (Å²) < 4.78 is 1.09. The van der Waals surface area contributed by atoms with Crippen LogP contribution >= 0.6 is 22.6 Å². The summed E-state index contributed by atoms with van der Waals surface area (Å²) in [6, 6.07) is 5.81. The fourth-order valence-corrected chi connectivity index (χ4v) is 2.01. The zero-order valence-corrected chi connectivity index (χ0v) is 12.3. The molecule has 4 nitrogen and oxygen atoms in total. The fourth-order valence-electron chi connectivity index (χ4n) is 1.49. The van der Waals surface area contributed by atoms with Gasteiger partial charge in [-0.25, -0.2) is 0 Å². The van der Waals surface area contributed by atoms with E-state index in [9.17, 15) is 4.79 Å². The van der Waals surface area contributed by atoms with E-state index >= 15 is 0 Å². The predicted octanol–water partition coefficient (Wildman–Crippen LogP) is 1.84. The molecule has 5 heteroatoms. The first-order valence-corrected chi connectivity index (χ1v) is 6.65. The summed E-state index contributed by atoms with van der Waals surface area (Å²) >= 11 is 2.21. The fraction of sp³-hybridized carbons (Fsp3) is 0.417. The van der Waals surface area contributed by atoms with Crippen LogP contribution in [-0.4, -0.2) is 26.0 Å². The average Bonchev–Trinajstić information content (AvgIpc) is 2.26. The van der Waals surface area contributed by atoms with Gasteiger partial charge in [0.05, 0.1) is 17.9 Å². The normalized spacial score (nSPS) is 10.1. The first-order valence-electron chi connectivity index (χ1n) is 5.57. The molecule has 0 saturated carbocycles. The molecule has 0 unspecified atom stereocenters. The Balaban J connectivity index is 2.63. The molecular weight excluding hydrogens is 329 g/mol. The zero-order chi connectivity index (χ0) is 12.8. The average molecular weight is 347 g/mol. The van der Waals surface area contributed by atoms with Crippen LogP contribution in [-0.2, 0) is 4.79 Å². The van der Waals surface area contributed by atoms with E-state index in [1.807, 2.05) is 37.1 Å². The number of amides is 1. The topological polar surface area (TPSA) is 58.4 Å². The van der Waals surface area contributed by atoms with E-state index in [-0.39, 0.29) is 5.91 Å². The van der Waals surface area contributed by atoms with Crippen LogP contribution in [0.4, 0.5) is 11.4 Å². The van der Waals surface area contributed by atoms with Gasteiger partial charge >= 0.3 is 0 Å². The SMILES string of the molecule is CCCNC(=O)CN(C)c1ccc(I)cc1N. The number of halogens is 1. The lowest BCUT2D eigenvalue weighted by Crippen LogP contribution is -2.35. The van der Waals surface area contributed by atoms with Crippen molar-refractivity contribution in [3.63, 3.8) is 0 Å². The molecule has 3 N–H and O–H groups in total. The molecule has 1 rings (SSSR count). The Labute approximate surface area is 116 Å². The van der Waals surface area contributed by atoms with Crippen LogP contribution in [0.15, 0.2) is 18.2 Å². The van der Waals surface area contributed by atoms with Crippen LogP contribution in [0.5, 0.6) is 0 Å². The minimum absolute atomic E-state index is 0.0206. The summed E-state index contributed by atoms with van der Waals surface area (Å²) in [6.07, 6.45) is 0.946. The summed E-state index contributed by atoms with van der Waals surface area (Å²) in [6.45, 7) is 3.07. The number of carbonyl (C=O) groups excluding carboxylic acids is 1. The molecule has 0 bridgehead atoms. The molecule has 0 aliphatic heterocycles. The van der Waals surface area contributed by atoms with Gasteiger partial charge in [0.25, 0.3) is 0 Å². The number of nitrogen functional groups attached to an aromatic ring is 1. The van der Waals surface area contributed by atoms with Crippen molar-refractivity contribution < 1.29 is 4.79 Å². The van der Waals surface area contributed by atoms with Gasteiger partial charge in [-0.1, -0.05) is 6.92 Å². The molecule has 17 heavy (non-hydrogen) atoms. The molecule has 1 aromatic rings. The molecule has 0 heterocycles.